The number of carbonyl (C=O) groups excluding carboxylic acids is 1. The number of ether oxygens (including phenoxy) is 1. The number of rotatable bonds is 3. The lowest BCUT2D eigenvalue weighted by molar-refractivity contribution is -0.155. The summed E-state index contributed by atoms with van der Waals surface area (Å²) < 4.78 is 5.28. The molecule has 1 amide bonds. The van der Waals surface area contributed by atoms with Gasteiger partial charge in [0, 0.05) is 44.7 Å². The lowest BCUT2D eigenvalue weighted by Gasteiger charge is -2.38. The van der Waals surface area contributed by atoms with Crippen LogP contribution in [0.25, 0.3) is 0 Å². The highest BCUT2D eigenvalue weighted by Crippen LogP contribution is 2.45. The lowest BCUT2D eigenvalue weighted by atomic mass is 9.89. The number of hydrogen-bond donors (Lipinski definition) is 1. The van der Waals surface area contributed by atoms with Gasteiger partial charge in [-0.1, -0.05) is 12.1 Å². The molecule has 1 aromatic rings. The van der Waals surface area contributed by atoms with Crippen molar-refractivity contribution in [2.45, 2.75) is 24.5 Å². The fourth-order valence-corrected chi connectivity index (χ4v) is 5.22. The number of aliphatic hydroxyl groups is 1. The maximum Gasteiger partial charge on any atom is 0.254 e. The number of nitrogens with zero attached hydrogens (tertiary/aromatic N) is 3. The van der Waals surface area contributed by atoms with Crippen molar-refractivity contribution in [3.05, 3.63) is 29.8 Å². The van der Waals surface area contributed by atoms with Crippen molar-refractivity contribution >= 4 is 5.91 Å². The van der Waals surface area contributed by atoms with Crippen molar-refractivity contribution in [3.8, 4) is 5.75 Å². The molecule has 148 valence electrons. The molecule has 6 nitrogen and oxygen atoms in total. The molecule has 3 saturated heterocycles. The Morgan fingerprint density at radius 2 is 1.78 bits per heavy atom. The van der Waals surface area contributed by atoms with Gasteiger partial charge >= 0.3 is 0 Å². The molecule has 0 spiro atoms. The molecule has 3 heterocycles. The van der Waals surface area contributed by atoms with Crippen LogP contribution in [0.5, 0.6) is 5.75 Å². The van der Waals surface area contributed by atoms with E-state index in [1.165, 1.54) is 5.56 Å². The van der Waals surface area contributed by atoms with E-state index in [9.17, 15) is 9.90 Å². The van der Waals surface area contributed by atoms with E-state index in [-0.39, 0.29) is 5.91 Å². The Morgan fingerprint density at radius 3 is 2.41 bits per heavy atom. The van der Waals surface area contributed by atoms with Gasteiger partial charge < -0.3 is 19.6 Å². The van der Waals surface area contributed by atoms with Crippen molar-refractivity contribution in [2.24, 2.45) is 11.8 Å². The molecule has 0 aromatic heterocycles. The normalized spacial score (nSPS) is 31.1. The first kappa shape index (κ1) is 18.7. The fourth-order valence-electron chi connectivity index (χ4n) is 5.22. The second kappa shape index (κ2) is 7.08. The highest BCUT2D eigenvalue weighted by Gasteiger charge is 2.50. The Labute approximate surface area is 161 Å². The summed E-state index contributed by atoms with van der Waals surface area (Å²) >= 11 is 0. The van der Waals surface area contributed by atoms with Gasteiger partial charge in [0.05, 0.1) is 7.11 Å². The van der Waals surface area contributed by atoms with Crippen LogP contribution in [0.15, 0.2) is 24.3 Å². The summed E-state index contributed by atoms with van der Waals surface area (Å²) in [6.45, 7) is 4.05. The van der Waals surface area contributed by atoms with Gasteiger partial charge in [0.15, 0.2) is 0 Å². The monoisotopic (exact) mass is 373 g/mol. The number of methoxy groups -OCH3 is 1. The van der Waals surface area contributed by atoms with Crippen LogP contribution < -0.4 is 4.74 Å². The van der Waals surface area contributed by atoms with Gasteiger partial charge in [-0.3, -0.25) is 9.69 Å². The van der Waals surface area contributed by atoms with Crippen molar-refractivity contribution in [1.29, 1.82) is 0 Å². The van der Waals surface area contributed by atoms with Gasteiger partial charge in [-0.2, -0.15) is 0 Å². The zero-order valence-electron chi connectivity index (χ0n) is 16.6. The minimum Gasteiger partial charge on any atom is -0.497 e. The summed E-state index contributed by atoms with van der Waals surface area (Å²) in [5.41, 5.74) is 0.102. The maximum atomic E-state index is 13.1. The number of likely N-dealkylation sites (tertiary alicyclic amines) is 3. The first-order valence-electron chi connectivity index (χ1n) is 9.96. The average molecular weight is 373 g/mol. The summed E-state index contributed by atoms with van der Waals surface area (Å²) in [5.74, 6) is 1.70. The Morgan fingerprint density at radius 1 is 1.11 bits per heavy atom. The van der Waals surface area contributed by atoms with Gasteiger partial charge in [-0.25, -0.2) is 0 Å². The Kier molecular flexibility index (Phi) is 4.91. The molecule has 4 rings (SSSR count). The Hall–Kier alpha value is -1.63. The number of amides is 1. The molecule has 3 fully saturated rings. The lowest BCUT2D eigenvalue weighted by Crippen LogP contribution is -2.54. The number of fused-ring (bicyclic) bond motifs is 1. The molecule has 0 radical (unpaired) electrons. The Bertz CT molecular complexity index is 684. The molecule has 0 unspecified atom stereocenters. The molecule has 0 saturated carbocycles. The van der Waals surface area contributed by atoms with Crippen molar-refractivity contribution in [1.82, 2.24) is 14.7 Å². The standard InChI is InChI=1S/C21H31N3O3/c1-22-10-8-21(26,9-11-22)20(25)24-13-16-12-23(2)19(18(16)14-24)15-4-6-17(27-3)7-5-15/h4-7,16,18-19,26H,8-14H2,1-3H3/t16-,18+,19-/m0/s1. The molecule has 3 aliphatic heterocycles. The molecular weight excluding hydrogens is 342 g/mol. The van der Waals surface area contributed by atoms with Crippen LogP contribution in [0.3, 0.4) is 0 Å². The van der Waals surface area contributed by atoms with Crippen molar-refractivity contribution in [2.75, 3.05) is 53.9 Å². The second-order valence-corrected chi connectivity index (χ2v) is 8.63. The van der Waals surface area contributed by atoms with E-state index in [1.54, 1.807) is 7.11 Å². The van der Waals surface area contributed by atoms with E-state index in [0.717, 1.165) is 38.5 Å². The summed E-state index contributed by atoms with van der Waals surface area (Å²) in [5, 5.41) is 10.9. The average Bonchev–Trinajstić information content (AvgIpc) is 3.20. The van der Waals surface area contributed by atoms with E-state index in [0.29, 0.717) is 30.7 Å². The smallest absolute Gasteiger partial charge is 0.254 e. The second-order valence-electron chi connectivity index (χ2n) is 8.63. The molecule has 0 aliphatic carbocycles. The fraction of sp³-hybridized carbons (Fsp3) is 0.667. The van der Waals surface area contributed by atoms with E-state index in [2.05, 4.69) is 29.0 Å². The van der Waals surface area contributed by atoms with E-state index < -0.39 is 5.60 Å². The minimum atomic E-state index is -1.17. The number of hydrogen-bond acceptors (Lipinski definition) is 5. The molecule has 6 heteroatoms. The summed E-state index contributed by atoms with van der Waals surface area (Å²) in [7, 11) is 5.89. The van der Waals surface area contributed by atoms with E-state index in [4.69, 9.17) is 4.74 Å². The van der Waals surface area contributed by atoms with Crippen LogP contribution in [0.4, 0.5) is 0 Å². The van der Waals surface area contributed by atoms with Crippen molar-refractivity contribution < 1.29 is 14.6 Å². The predicted octanol–water partition coefficient (Wildman–Crippen LogP) is 1.21. The van der Waals surface area contributed by atoms with Crippen LogP contribution in [0.1, 0.15) is 24.4 Å². The maximum absolute atomic E-state index is 13.1. The summed E-state index contributed by atoms with van der Waals surface area (Å²) in [4.78, 5) is 19.6. The molecule has 3 aliphatic rings. The van der Waals surface area contributed by atoms with Crippen LogP contribution in [0, 0.1) is 11.8 Å². The number of benzene rings is 1. The van der Waals surface area contributed by atoms with Crippen LogP contribution >= 0.6 is 0 Å². The van der Waals surface area contributed by atoms with Crippen LogP contribution in [-0.4, -0.2) is 85.2 Å². The topological polar surface area (TPSA) is 56.2 Å². The summed E-state index contributed by atoms with van der Waals surface area (Å²) in [6, 6.07) is 8.60. The summed E-state index contributed by atoms with van der Waals surface area (Å²) in [6.07, 6.45) is 1.08. The largest absolute Gasteiger partial charge is 0.497 e. The SMILES string of the molecule is COc1ccc([C@H]2[C@@H]3CN(C(=O)C4(O)CCN(C)CC4)C[C@@H]3CN2C)cc1. The van der Waals surface area contributed by atoms with Crippen LogP contribution in [-0.2, 0) is 4.79 Å². The first-order valence-corrected chi connectivity index (χ1v) is 9.96. The van der Waals surface area contributed by atoms with Gasteiger partial charge in [-0.15, -0.1) is 0 Å². The van der Waals surface area contributed by atoms with Crippen LogP contribution in [0.2, 0.25) is 0 Å². The molecule has 1 aromatic carbocycles. The van der Waals surface area contributed by atoms with E-state index in [1.807, 2.05) is 24.1 Å². The molecule has 27 heavy (non-hydrogen) atoms. The highest BCUT2D eigenvalue weighted by molar-refractivity contribution is 5.85. The third-order valence-electron chi connectivity index (χ3n) is 6.85. The third kappa shape index (κ3) is 3.35. The van der Waals surface area contributed by atoms with E-state index >= 15 is 0 Å². The Balaban J connectivity index is 1.48. The zero-order valence-corrected chi connectivity index (χ0v) is 16.6. The predicted molar refractivity (Wildman–Crippen MR) is 104 cm³/mol. The first-order chi connectivity index (χ1) is 12.9. The molecule has 0 bridgehead atoms. The molecule has 3 atom stereocenters. The quantitative estimate of drug-likeness (QED) is 0.863. The minimum absolute atomic E-state index is 0.0545. The third-order valence-corrected chi connectivity index (χ3v) is 6.85. The van der Waals surface area contributed by atoms with Gasteiger partial charge in [0.25, 0.3) is 5.91 Å². The molecular formula is C21H31N3O3. The van der Waals surface area contributed by atoms with Gasteiger partial charge in [0.2, 0.25) is 0 Å². The highest BCUT2D eigenvalue weighted by atomic mass is 16.5. The molecule has 1 N–H and O–H groups in total. The van der Waals surface area contributed by atoms with Gasteiger partial charge in [-0.05, 0) is 50.6 Å². The zero-order chi connectivity index (χ0) is 19.2. The number of carbonyl (C=O) groups is 1. The van der Waals surface area contributed by atoms with Crippen molar-refractivity contribution in [3.63, 3.8) is 0 Å². The number of piperidine rings is 1. The van der Waals surface area contributed by atoms with Gasteiger partial charge in [0.1, 0.15) is 11.4 Å².